The van der Waals surface area contributed by atoms with E-state index in [1.807, 2.05) is 31.1 Å². The minimum Gasteiger partial charge on any atom is -0.497 e. The Morgan fingerprint density at radius 2 is 1.80 bits per heavy atom. The van der Waals surface area contributed by atoms with Gasteiger partial charge in [0.1, 0.15) is 16.9 Å². The molecule has 0 atom stereocenters. The lowest BCUT2D eigenvalue weighted by Crippen LogP contribution is -2.20. The second-order valence-corrected chi connectivity index (χ2v) is 5.75. The zero-order valence-electron chi connectivity index (χ0n) is 14.2. The summed E-state index contributed by atoms with van der Waals surface area (Å²) in [6.45, 7) is 0. The van der Waals surface area contributed by atoms with E-state index in [0.717, 1.165) is 5.69 Å². The summed E-state index contributed by atoms with van der Waals surface area (Å²) in [6.07, 6.45) is 0. The van der Waals surface area contributed by atoms with E-state index in [2.05, 4.69) is 5.32 Å². The van der Waals surface area contributed by atoms with E-state index in [1.165, 1.54) is 6.07 Å². The Kier molecular flexibility index (Phi) is 4.43. The molecule has 0 bridgehead atoms. The Bertz CT molecular complexity index is 975. The van der Waals surface area contributed by atoms with Crippen LogP contribution in [0.4, 0.5) is 11.4 Å². The Balaban J connectivity index is 1.90. The van der Waals surface area contributed by atoms with Crippen molar-refractivity contribution in [2.75, 3.05) is 31.4 Å². The quantitative estimate of drug-likeness (QED) is 0.740. The largest absolute Gasteiger partial charge is 0.497 e. The predicted molar refractivity (Wildman–Crippen MR) is 97.8 cm³/mol. The van der Waals surface area contributed by atoms with Gasteiger partial charge in [-0.2, -0.15) is 0 Å². The molecule has 0 saturated carbocycles. The molecule has 128 valence electrons. The zero-order chi connectivity index (χ0) is 18.0. The van der Waals surface area contributed by atoms with E-state index in [0.29, 0.717) is 22.4 Å². The van der Waals surface area contributed by atoms with Crippen molar-refractivity contribution < 1.29 is 13.9 Å². The number of methoxy groups -OCH3 is 1. The van der Waals surface area contributed by atoms with Gasteiger partial charge in [-0.3, -0.25) is 4.79 Å². The highest BCUT2D eigenvalue weighted by Gasteiger charge is 2.14. The van der Waals surface area contributed by atoms with Crippen LogP contribution in [0.3, 0.4) is 0 Å². The summed E-state index contributed by atoms with van der Waals surface area (Å²) < 4.78 is 10.4. The van der Waals surface area contributed by atoms with Gasteiger partial charge in [0.25, 0.3) is 5.91 Å². The molecule has 2 aromatic carbocycles. The lowest BCUT2D eigenvalue weighted by molar-refractivity contribution is 0.102. The summed E-state index contributed by atoms with van der Waals surface area (Å²) in [7, 11) is 5.41. The van der Waals surface area contributed by atoms with Gasteiger partial charge in [-0.25, -0.2) is 4.79 Å². The van der Waals surface area contributed by atoms with Crippen LogP contribution in [0.25, 0.3) is 11.0 Å². The number of ether oxygens (including phenoxy) is 1. The highest BCUT2D eigenvalue weighted by molar-refractivity contribution is 6.05. The normalized spacial score (nSPS) is 10.5. The molecule has 1 aromatic heterocycles. The number of rotatable bonds is 4. The standard InChI is InChI=1S/C19H18N2O4/c1-21(2)14-6-4-13(5-7-14)20-18(22)16-11-12-10-15(24-3)8-9-17(12)25-19(16)23/h4-11H,1-3H3,(H,20,22). The van der Waals surface area contributed by atoms with Crippen molar-refractivity contribution in [2.24, 2.45) is 0 Å². The molecule has 0 radical (unpaired) electrons. The molecule has 6 heteroatoms. The summed E-state index contributed by atoms with van der Waals surface area (Å²) in [6, 6.07) is 13.9. The number of fused-ring (bicyclic) bond motifs is 1. The summed E-state index contributed by atoms with van der Waals surface area (Å²) in [5.74, 6) is 0.100. The highest BCUT2D eigenvalue weighted by Crippen LogP contribution is 2.21. The third kappa shape index (κ3) is 3.47. The molecule has 3 aromatic rings. The smallest absolute Gasteiger partial charge is 0.349 e. The van der Waals surface area contributed by atoms with Crippen molar-refractivity contribution >= 4 is 28.3 Å². The fourth-order valence-corrected chi connectivity index (χ4v) is 2.43. The molecule has 1 amide bonds. The number of amides is 1. The first-order valence-corrected chi connectivity index (χ1v) is 7.68. The molecular weight excluding hydrogens is 320 g/mol. The molecule has 25 heavy (non-hydrogen) atoms. The zero-order valence-corrected chi connectivity index (χ0v) is 14.2. The molecule has 0 aliphatic carbocycles. The van der Waals surface area contributed by atoms with Gasteiger partial charge >= 0.3 is 5.63 Å². The molecule has 1 N–H and O–H groups in total. The molecule has 0 spiro atoms. The van der Waals surface area contributed by atoms with E-state index < -0.39 is 11.5 Å². The van der Waals surface area contributed by atoms with E-state index in [4.69, 9.17) is 9.15 Å². The summed E-state index contributed by atoms with van der Waals surface area (Å²) in [5.41, 5.74) is 1.27. The molecule has 0 aliphatic heterocycles. The highest BCUT2D eigenvalue weighted by atomic mass is 16.5. The molecule has 0 fully saturated rings. The van der Waals surface area contributed by atoms with Crippen molar-refractivity contribution in [2.45, 2.75) is 0 Å². The Morgan fingerprint density at radius 1 is 1.08 bits per heavy atom. The van der Waals surface area contributed by atoms with Gasteiger partial charge in [0.15, 0.2) is 0 Å². The number of hydrogen-bond acceptors (Lipinski definition) is 5. The fraction of sp³-hybridized carbons (Fsp3) is 0.158. The molecule has 0 saturated heterocycles. The first-order chi connectivity index (χ1) is 12.0. The van der Waals surface area contributed by atoms with Crippen LogP contribution in [0, 0.1) is 0 Å². The Morgan fingerprint density at radius 3 is 2.44 bits per heavy atom. The van der Waals surface area contributed by atoms with Crippen LogP contribution in [-0.2, 0) is 0 Å². The minimum absolute atomic E-state index is 0.0579. The second kappa shape index (κ2) is 6.68. The first kappa shape index (κ1) is 16.6. The van der Waals surface area contributed by atoms with Crippen LogP contribution in [0.5, 0.6) is 5.75 Å². The van der Waals surface area contributed by atoms with E-state index in [-0.39, 0.29) is 5.56 Å². The maximum absolute atomic E-state index is 12.4. The predicted octanol–water partition coefficient (Wildman–Crippen LogP) is 3.12. The van der Waals surface area contributed by atoms with Crippen molar-refractivity contribution in [3.8, 4) is 5.75 Å². The number of nitrogens with one attached hydrogen (secondary N) is 1. The van der Waals surface area contributed by atoms with Crippen LogP contribution in [0.1, 0.15) is 10.4 Å². The SMILES string of the molecule is COc1ccc2oc(=O)c(C(=O)Nc3ccc(N(C)C)cc3)cc2c1. The lowest BCUT2D eigenvalue weighted by atomic mass is 10.1. The lowest BCUT2D eigenvalue weighted by Gasteiger charge is -2.13. The van der Waals surface area contributed by atoms with Crippen molar-refractivity contribution in [1.82, 2.24) is 0 Å². The topological polar surface area (TPSA) is 71.8 Å². The molecule has 1 heterocycles. The summed E-state index contributed by atoms with van der Waals surface area (Å²) >= 11 is 0. The number of anilines is 2. The van der Waals surface area contributed by atoms with Gasteiger partial charge in [-0.05, 0) is 48.5 Å². The average Bonchev–Trinajstić information content (AvgIpc) is 2.61. The van der Waals surface area contributed by atoms with Gasteiger partial charge in [0.2, 0.25) is 0 Å². The van der Waals surface area contributed by atoms with E-state index in [1.54, 1.807) is 37.4 Å². The molecular formula is C19H18N2O4. The maximum Gasteiger partial charge on any atom is 0.349 e. The van der Waals surface area contributed by atoms with Crippen LogP contribution in [0.2, 0.25) is 0 Å². The van der Waals surface area contributed by atoms with Crippen molar-refractivity contribution in [3.05, 3.63) is 64.5 Å². The molecule has 0 aliphatic rings. The van der Waals surface area contributed by atoms with E-state index in [9.17, 15) is 9.59 Å². The third-order valence-corrected chi connectivity index (χ3v) is 3.83. The number of carbonyl (C=O) groups is 1. The molecule has 3 rings (SSSR count). The van der Waals surface area contributed by atoms with Crippen molar-refractivity contribution in [1.29, 1.82) is 0 Å². The molecule has 0 unspecified atom stereocenters. The van der Waals surface area contributed by atoms with Crippen LogP contribution >= 0.6 is 0 Å². The van der Waals surface area contributed by atoms with E-state index >= 15 is 0 Å². The number of nitrogens with zero attached hydrogens (tertiary/aromatic N) is 1. The van der Waals surface area contributed by atoms with Crippen LogP contribution in [-0.4, -0.2) is 27.1 Å². The van der Waals surface area contributed by atoms with Gasteiger partial charge in [0, 0.05) is 30.9 Å². The third-order valence-electron chi connectivity index (χ3n) is 3.83. The monoisotopic (exact) mass is 338 g/mol. The summed E-state index contributed by atoms with van der Waals surface area (Å²) in [4.78, 5) is 26.5. The van der Waals surface area contributed by atoms with Crippen LogP contribution < -0.4 is 20.6 Å². The minimum atomic E-state index is -0.680. The second-order valence-electron chi connectivity index (χ2n) is 5.75. The fourth-order valence-electron chi connectivity index (χ4n) is 2.43. The first-order valence-electron chi connectivity index (χ1n) is 7.68. The number of hydrogen-bond donors (Lipinski definition) is 1. The average molecular weight is 338 g/mol. The van der Waals surface area contributed by atoms with Gasteiger partial charge in [0.05, 0.1) is 7.11 Å². The van der Waals surface area contributed by atoms with Gasteiger partial charge < -0.3 is 19.4 Å². The number of benzene rings is 2. The van der Waals surface area contributed by atoms with Crippen molar-refractivity contribution in [3.63, 3.8) is 0 Å². The maximum atomic E-state index is 12.4. The van der Waals surface area contributed by atoms with Gasteiger partial charge in [-0.1, -0.05) is 0 Å². The number of carbonyl (C=O) groups excluding carboxylic acids is 1. The Labute approximate surface area is 144 Å². The molecule has 6 nitrogen and oxygen atoms in total. The van der Waals surface area contributed by atoms with Gasteiger partial charge in [-0.15, -0.1) is 0 Å². The van der Waals surface area contributed by atoms with Crippen LogP contribution in [0.15, 0.2) is 57.7 Å². The Hall–Kier alpha value is -3.28. The summed E-state index contributed by atoms with van der Waals surface area (Å²) in [5, 5.41) is 3.33.